The molecule has 0 amide bonds. The first-order valence-electron chi connectivity index (χ1n) is 5.43. The minimum absolute atomic E-state index is 0.345. The summed E-state index contributed by atoms with van der Waals surface area (Å²) in [5.74, 6) is -0.569. The average Bonchev–Trinajstić information content (AvgIpc) is 2.24. The van der Waals surface area contributed by atoms with E-state index in [2.05, 4.69) is 0 Å². The van der Waals surface area contributed by atoms with E-state index in [1.165, 1.54) is 19.4 Å². The third-order valence-corrected chi connectivity index (χ3v) is 2.19. The van der Waals surface area contributed by atoms with Gasteiger partial charge in [-0.3, -0.25) is 0 Å². The zero-order chi connectivity index (χ0) is 12.0. The topological polar surface area (TPSA) is 46.5 Å². The van der Waals surface area contributed by atoms with Crippen molar-refractivity contribution in [3.8, 4) is 0 Å². The predicted octanol–water partition coefficient (Wildman–Crippen LogP) is 1.93. The summed E-state index contributed by atoms with van der Waals surface area (Å²) < 4.78 is 4.94. The number of carbonyl (C=O) groups excluding carboxylic acids is 1. The van der Waals surface area contributed by atoms with E-state index in [1.807, 2.05) is 30.3 Å². The maximum atomic E-state index is 11.2. The van der Waals surface area contributed by atoms with E-state index < -0.39 is 11.6 Å². The van der Waals surface area contributed by atoms with Crippen molar-refractivity contribution < 1.29 is 14.6 Å². The normalized spacial score (nSPS) is 11.2. The standard InChI is InChI=1S/C13H18O3/c1-13(2,15)12(14)16-10-6-9-11-7-4-3-5-8-11/h3-5,7-8,15H,6,9-10H2,1-2H3. The molecule has 0 bridgehead atoms. The Labute approximate surface area is 96.1 Å². The highest BCUT2D eigenvalue weighted by Crippen LogP contribution is 2.06. The van der Waals surface area contributed by atoms with Gasteiger partial charge in [0.15, 0.2) is 5.60 Å². The molecule has 0 aromatic heterocycles. The van der Waals surface area contributed by atoms with Crippen molar-refractivity contribution >= 4 is 5.97 Å². The number of aryl methyl sites for hydroxylation is 1. The fourth-order valence-electron chi connectivity index (χ4n) is 1.26. The molecule has 3 nitrogen and oxygen atoms in total. The van der Waals surface area contributed by atoms with Gasteiger partial charge in [0.2, 0.25) is 0 Å². The summed E-state index contributed by atoms with van der Waals surface area (Å²) >= 11 is 0. The lowest BCUT2D eigenvalue weighted by molar-refractivity contribution is -0.161. The summed E-state index contributed by atoms with van der Waals surface area (Å²) in [6.45, 7) is 3.19. The molecule has 0 saturated heterocycles. The molecule has 0 fully saturated rings. The molecule has 0 spiro atoms. The van der Waals surface area contributed by atoms with Gasteiger partial charge in [0.05, 0.1) is 6.61 Å². The molecule has 0 unspecified atom stereocenters. The van der Waals surface area contributed by atoms with Gasteiger partial charge in [-0.2, -0.15) is 0 Å². The van der Waals surface area contributed by atoms with Crippen molar-refractivity contribution in [2.45, 2.75) is 32.3 Å². The van der Waals surface area contributed by atoms with Crippen molar-refractivity contribution in [1.82, 2.24) is 0 Å². The average molecular weight is 222 g/mol. The second-order valence-corrected chi connectivity index (χ2v) is 4.28. The van der Waals surface area contributed by atoms with Crippen molar-refractivity contribution in [2.75, 3.05) is 6.61 Å². The lowest BCUT2D eigenvalue weighted by atomic mass is 10.1. The Bertz CT molecular complexity index is 325. The largest absolute Gasteiger partial charge is 0.464 e. The van der Waals surface area contributed by atoms with E-state index in [9.17, 15) is 9.90 Å². The third-order valence-electron chi connectivity index (χ3n) is 2.19. The summed E-state index contributed by atoms with van der Waals surface area (Å²) in [6.07, 6.45) is 1.64. The first-order valence-corrected chi connectivity index (χ1v) is 5.43. The number of carbonyl (C=O) groups is 1. The Balaban J connectivity index is 2.20. The van der Waals surface area contributed by atoms with E-state index in [4.69, 9.17) is 4.74 Å². The molecule has 0 aliphatic rings. The number of aliphatic hydroxyl groups is 1. The van der Waals surface area contributed by atoms with Gasteiger partial charge in [-0.15, -0.1) is 0 Å². The lowest BCUT2D eigenvalue weighted by Gasteiger charge is -2.15. The number of esters is 1. The quantitative estimate of drug-likeness (QED) is 0.611. The maximum absolute atomic E-state index is 11.2. The zero-order valence-electron chi connectivity index (χ0n) is 9.77. The van der Waals surface area contributed by atoms with Gasteiger partial charge >= 0.3 is 5.97 Å². The lowest BCUT2D eigenvalue weighted by Crippen LogP contribution is -2.33. The molecule has 0 aliphatic carbocycles. The molecule has 0 heterocycles. The number of rotatable bonds is 5. The summed E-state index contributed by atoms with van der Waals surface area (Å²) in [5.41, 5.74) is -0.172. The molecule has 0 atom stereocenters. The number of hydrogen-bond donors (Lipinski definition) is 1. The molecule has 1 aromatic rings. The summed E-state index contributed by atoms with van der Waals surface area (Å²) in [6, 6.07) is 10.0. The minimum Gasteiger partial charge on any atom is -0.464 e. The van der Waals surface area contributed by atoms with Crippen LogP contribution in [0.2, 0.25) is 0 Å². The first-order chi connectivity index (χ1) is 7.50. The Kier molecular flexibility index (Phi) is 4.50. The highest BCUT2D eigenvalue weighted by atomic mass is 16.5. The van der Waals surface area contributed by atoms with Crippen LogP contribution in [0.15, 0.2) is 30.3 Å². The third kappa shape index (κ3) is 4.45. The summed E-state index contributed by atoms with van der Waals surface area (Å²) in [7, 11) is 0. The Morgan fingerprint density at radius 3 is 2.50 bits per heavy atom. The Morgan fingerprint density at radius 1 is 1.31 bits per heavy atom. The van der Waals surface area contributed by atoms with E-state index in [1.54, 1.807) is 0 Å². The van der Waals surface area contributed by atoms with Crippen LogP contribution in [-0.2, 0) is 16.0 Å². The summed E-state index contributed by atoms with van der Waals surface area (Å²) in [4.78, 5) is 11.2. The fraction of sp³-hybridized carbons (Fsp3) is 0.462. The molecule has 3 heteroatoms. The van der Waals surface area contributed by atoms with Gasteiger partial charge in [-0.05, 0) is 32.3 Å². The second kappa shape index (κ2) is 5.66. The van der Waals surface area contributed by atoms with Crippen LogP contribution >= 0.6 is 0 Å². The van der Waals surface area contributed by atoms with Crippen molar-refractivity contribution in [1.29, 1.82) is 0 Å². The monoisotopic (exact) mass is 222 g/mol. The van der Waals surface area contributed by atoms with Gasteiger partial charge in [0, 0.05) is 0 Å². The molecule has 16 heavy (non-hydrogen) atoms. The van der Waals surface area contributed by atoms with Gasteiger partial charge in [-0.25, -0.2) is 4.79 Å². The van der Waals surface area contributed by atoms with Gasteiger partial charge in [0.1, 0.15) is 0 Å². The zero-order valence-corrected chi connectivity index (χ0v) is 9.77. The molecular weight excluding hydrogens is 204 g/mol. The minimum atomic E-state index is -1.40. The summed E-state index contributed by atoms with van der Waals surface area (Å²) in [5, 5.41) is 9.33. The smallest absolute Gasteiger partial charge is 0.337 e. The first kappa shape index (κ1) is 12.7. The highest BCUT2D eigenvalue weighted by molar-refractivity contribution is 5.78. The SMILES string of the molecule is CC(C)(O)C(=O)OCCCc1ccccc1. The van der Waals surface area contributed by atoms with Crippen molar-refractivity contribution in [2.24, 2.45) is 0 Å². The van der Waals surface area contributed by atoms with Crippen molar-refractivity contribution in [3.63, 3.8) is 0 Å². The van der Waals surface area contributed by atoms with E-state index in [0.29, 0.717) is 6.61 Å². The van der Waals surface area contributed by atoms with Gasteiger partial charge in [-0.1, -0.05) is 30.3 Å². The van der Waals surface area contributed by atoms with Crippen LogP contribution in [0, 0.1) is 0 Å². The number of ether oxygens (including phenoxy) is 1. The Morgan fingerprint density at radius 2 is 1.94 bits per heavy atom. The van der Waals surface area contributed by atoms with Crippen LogP contribution in [-0.4, -0.2) is 23.3 Å². The number of hydrogen-bond acceptors (Lipinski definition) is 3. The molecule has 1 aromatic carbocycles. The molecule has 1 N–H and O–H groups in total. The van der Waals surface area contributed by atoms with Gasteiger partial charge in [0.25, 0.3) is 0 Å². The van der Waals surface area contributed by atoms with E-state index in [-0.39, 0.29) is 0 Å². The molecular formula is C13H18O3. The molecule has 1 rings (SSSR count). The fourth-order valence-corrected chi connectivity index (χ4v) is 1.26. The van der Waals surface area contributed by atoms with E-state index in [0.717, 1.165) is 12.8 Å². The van der Waals surface area contributed by atoms with Crippen LogP contribution in [0.5, 0.6) is 0 Å². The second-order valence-electron chi connectivity index (χ2n) is 4.28. The molecule has 0 radical (unpaired) electrons. The van der Waals surface area contributed by atoms with Crippen LogP contribution in [0.25, 0.3) is 0 Å². The van der Waals surface area contributed by atoms with Crippen LogP contribution < -0.4 is 0 Å². The van der Waals surface area contributed by atoms with Gasteiger partial charge < -0.3 is 9.84 Å². The highest BCUT2D eigenvalue weighted by Gasteiger charge is 2.25. The van der Waals surface area contributed by atoms with Crippen LogP contribution in [0.1, 0.15) is 25.8 Å². The number of benzene rings is 1. The molecule has 0 saturated carbocycles. The Hall–Kier alpha value is -1.35. The molecule has 0 aliphatic heterocycles. The van der Waals surface area contributed by atoms with Crippen LogP contribution in [0.3, 0.4) is 0 Å². The maximum Gasteiger partial charge on any atom is 0.337 e. The van der Waals surface area contributed by atoms with E-state index >= 15 is 0 Å². The van der Waals surface area contributed by atoms with Crippen molar-refractivity contribution in [3.05, 3.63) is 35.9 Å². The molecule has 88 valence electrons. The van der Waals surface area contributed by atoms with Crippen LogP contribution in [0.4, 0.5) is 0 Å². The predicted molar refractivity (Wildman–Crippen MR) is 62.0 cm³/mol.